The zero-order valence-electron chi connectivity index (χ0n) is 12.1. The Morgan fingerprint density at radius 2 is 1.65 bits per heavy atom. The maximum absolute atomic E-state index is 12.6. The van der Waals surface area contributed by atoms with Gasteiger partial charge in [-0.3, -0.25) is 4.79 Å². The molecule has 0 aromatic heterocycles. The third kappa shape index (κ3) is 3.32. The molecular weight excluding hydrogens is 278 g/mol. The maximum atomic E-state index is 12.6. The molecule has 0 aromatic rings. The molecule has 7 heteroatoms. The minimum absolute atomic E-state index is 0.127. The van der Waals surface area contributed by atoms with Crippen LogP contribution in [0.1, 0.15) is 44.9 Å². The molecule has 1 saturated heterocycles. The first-order valence-corrected chi connectivity index (χ1v) is 8.85. The van der Waals surface area contributed by atoms with Crippen molar-refractivity contribution in [3.63, 3.8) is 0 Å². The second-order valence-corrected chi connectivity index (χ2v) is 7.88. The fraction of sp³-hybridized carbons (Fsp3) is 0.923. The van der Waals surface area contributed by atoms with Gasteiger partial charge in [-0.1, -0.05) is 19.3 Å². The van der Waals surface area contributed by atoms with E-state index in [9.17, 15) is 13.2 Å². The molecule has 0 radical (unpaired) electrons. The highest BCUT2D eigenvalue weighted by atomic mass is 32.2. The van der Waals surface area contributed by atoms with Crippen LogP contribution in [-0.2, 0) is 15.0 Å². The first-order chi connectivity index (χ1) is 9.43. The second kappa shape index (κ2) is 6.41. The van der Waals surface area contributed by atoms with Crippen molar-refractivity contribution in [2.24, 2.45) is 11.7 Å². The van der Waals surface area contributed by atoms with Crippen LogP contribution in [-0.4, -0.2) is 49.1 Å². The Morgan fingerprint density at radius 1 is 1.10 bits per heavy atom. The minimum atomic E-state index is -3.40. The number of carbonyl (C=O) groups excluding carboxylic acids is 1. The van der Waals surface area contributed by atoms with Crippen LogP contribution in [0.25, 0.3) is 0 Å². The van der Waals surface area contributed by atoms with Gasteiger partial charge in [-0.2, -0.15) is 17.0 Å². The van der Waals surface area contributed by atoms with Crippen LogP contribution in [0.3, 0.4) is 0 Å². The zero-order valence-corrected chi connectivity index (χ0v) is 12.9. The van der Waals surface area contributed by atoms with E-state index in [0.29, 0.717) is 25.9 Å². The molecule has 116 valence electrons. The van der Waals surface area contributed by atoms with Gasteiger partial charge in [0.1, 0.15) is 0 Å². The summed E-state index contributed by atoms with van der Waals surface area (Å²) < 4.78 is 28.2. The van der Waals surface area contributed by atoms with Crippen molar-refractivity contribution < 1.29 is 13.2 Å². The minimum Gasteiger partial charge on any atom is -0.369 e. The normalized spacial score (nSPS) is 24.1. The summed E-state index contributed by atoms with van der Waals surface area (Å²) in [5, 5.41) is 0. The number of rotatable bonds is 4. The third-order valence-electron chi connectivity index (χ3n) is 4.64. The molecule has 1 aliphatic heterocycles. The van der Waals surface area contributed by atoms with Gasteiger partial charge >= 0.3 is 0 Å². The molecule has 1 amide bonds. The summed E-state index contributed by atoms with van der Waals surface area (Å²) in [5.41, 5.74) is 5.28. The van der Waals surface area contributed by atoms with Gasteiger partial charge in [0.25, 0.3) is 10.2 Å². The molecule has 2 rings (SSSR count). The molecule has 0 atom stereocenters. The maximum Gasteiger partial charge on any atom is 0.281 e. The molecule has 6 nitrogen and oxygen atoms in total. The molecule has 0 unspecified atom stereocenters. The molecule has 0 spiro atoms. The second-order valence-electron chi connectivity index (χ2n) is 5.89. The van der Waals surface area contributed by atoms with Crippen molar-refractivity contribution in [3.8, 4) is 0 Å². The summed E-state index contributed by atoms with van der Waals surface area (Å²) in [6, 6.07) is 0.127. The lowest BCUT2D eigenvalue weighted by atomic mass is 9.96. The smallest absolute Gasteiger partial charge is 0.281 e. The number of carbonyl (C=O) groups is 1. The lowest BCUT2D eigenvalue weighted by molar-refractivity contribution is -0.122. The average Bonchev–Trinajstić information content (AvgIpc) is 2.47. The summed E-state index contributed by atoms with van der Waals surface area (Å²) in [4.78, 5) is 11.1. The van der Waals surface area contributed by atoms with E-state index in [4.69, 9.17) is 5.73 Å². The molecule has 1 heterocycles. The fourth-order valence-electron chi connectivity index (χ4n) is 3.19. The van der Waals surface area contributed by atoms with Crippen LogP contribution in [0, 0.1) is 5.92 Å². The van der Waals surface area contributed by atoms with E-state index in [1.165, 1.54) is 15.0 Å². The Hall–Kier alpha value is -0.660. The van der Waals surface area contributed by atoms with Gasteiger partial charge in [0, 0.05) is 32.1 Å². The van der Waals surface area contributed by atoms with Gasteiger partial charge in [-0.15, -0.1) is 0 Å². The molecule has 0 bridgehead atoms. The topological polar surface area (TPSA) is 83.7 Å². The Labute approximate surface area is 121 Å². The molecule has 2 N–H and O–H groups in total. The molecule has 20 heavy (non-hydrogen) atoms. The summed E-state index contributed by atoms with van der Waals surface area (Å²) >= 11 is 0. The van der Waals surface area contributed by atoms with Crippen LogP contribution in [0.15, 0.2) is 0 Å². The van der Waals surface area contributed by atoms with Crippen LogP contribution in [0.4, 0.5) is 0 Å². The fourth-order valence-corrected chi connectivity index (χ4v) is 4.81. The molecule has 2 aliphatic rings. The number of nitrogens with zero attached hydrogens (tertiary/aromatic N) is 2. The van der Waals surface area contributed by atoms with E-state index < -0.39 is 10.2 Å². The summed E-state index contributed by atoms with van der Waals surface area (Å²) in [7, 11) is -1.71. The van der Waals surface area contributed by atoms with Crippen molar-refractivity contribution in [2.45, 2.75) is 51.0 Å². The SMILES string of the molecule is CN(C1CCCCC1)S(=O)(=O)N1CCC(C(N)=O)CC1. The first-order valence-electron chi connectivity index (χ1n) is 7.45. The Morgan fingerprint density at radius 3 is 2.15 bits per heavy atom. The molecular formula is C13H25N3O3S. The quantitative estimate of drug-likeness (QED) is 0.829. The Balaban J connectivity index is 1.98. The average molecular weight is 303 g/mol. The van der Waals surface area contributed by atoms with Crippen LogP contribution < -0.4 is 5.73 Å². The van der Waals surface area contributed by atoms with E-state index in [1.807, 2.05) is 0 Å². The largest absolute Gasteiger partial charge is 0.369 e. The van der Waals surface area contributed by atoms with Gasteiger partial charge in [0.05, 0.1) is 0 Å². The van der Waals surface area contributed by atoms with Gasteiger partial charge < -0.3 is 5.73 Å². The number of hydrogen-bond donors (Lipinski definition) is 1. The number of nitrogens with two attached hydrogens (primary N) is 1. The highest BCUT2D eigenvalue weighted by molar-refractivity contribution is 7.86. The van der Waals surface area contributed by atoms with Crippen molar-refractivity contribution >= 4 is 16.1 Å². The summed E-state index contributed by atoms with van der Waals surface area (Å²) in [5.74, 6) is -0.496. The number of piperidine rings is 1. The van der Waals surface area contributed by atoms with Crippen LogP contribution >= 0.6 is 0 Å². The first kappa shape index (κ1) is 15.7. The Bertz CT molecular complexity index is 438. The standard InChI is InChI=1S/C13H25N3O3S/c1-15(12-5-3-2-4-6-12)20(18,19)16-9-7-11(8-10-16)13(14)17/h11-12H,2-10H2,1H3,(H2,14,17). The monoisotopic (exact) mass is 303 g/mol. The van der Waals surface area contributed by atoms with Gasteiger partial charge in [-0.05, 0) is 25.7 Å². The van der Waals surface area contributed by atoms with E-state index >= 15 is 0 Å². The molecule has 1 saturated carbocycles. The lowest BCUT2D eigenvalue weighted by Crippen LogP contribution is -2.50. The van der Waals surface area contributed by atoms with Crippen LogP contribution in [0.2, 0.25) is 0 Å². The Kier molecular flexibility index (Phi) is 5.04. The lowest BCUT2D eigenvalue weighted by Gasteiger charge is -2.37. The number of amides is 1. The van der Waals surface area contributed by atoms with Crippen molar-refractivity contribution in [2.75, 3.05) is 20.1 Å². The van der Waals surface area contributed by atoms with Gasteiger partial charge in [-0.25, -0.2) is 0 Å². The predicted molar refractivity (Wildman–Crippen MR) is 77.0 cm³/mol. The third-order valence-corrected chi connectivity index (χ3v) is 6.68. The van der Waals surface area contributed by atoms with E-state index in [-0.39, 0.29) is 17.9 Å². The zero-order chi connectivity index (χ0) is 14.8. The number of hydrogen-bond acceptors (Lipinski definition) is 3. The van der Waals surface area contributed by atoms with Gasteiger partial charge in [0.15, 0.2) is 0 Å². The highest BCUT2D eigenvalue weighted by Crippen LogP contribution is 2.27. The van der Waals surface area contributed by atoms with Crippen molar-refractivity contribution in [3.05, 3.63) is 0 Å². The van der Waals surface area contributed by atoms with E-state index in [2.05, 4.69) is 0 Å². The molecule has 1 aliphatic carbocycles. The van der Waals surface area contributed by atoms with Crippen molar-refractivity contribution in [1.29, 1.82) is 0 Å². The predicted octanol–water partition coefficient (Wildman–Crippen LogP) is 0.693. The molecule has 0 aromatic carbocycles. The van der Waals surface area contributed by atoms with Crippen molar-refractivity contribution in [1.82, 2.24) is 8.61 Å². The van der Waals surface area contributed by atoms with Crippen LogP contribution in [0.5, 0.6) is 0 Å². The van der Waals surface area contributed by atoms with E-state index in [1.54, 1.807) is 7.05 Å². The summed E-state index contributed by atoms with van der Waals surface area (Å²) in [6.45, 7) is 0.792. The number of primary amides is 1. The van der Waals surface area contributed by atoms with E-state index in [0.717, 1.165) is 25.7 Å². The highest BCUT2D eigenvalue weighted by Gasteiger charge is 2.35. The van der Waals surface area contributed by atoms with Gasteiger partial charge in [0.2, 0.25) is 5.91 Å². The molecule has 2 fully saturated rings. The summed E-state index contributed by atoms with van der Waals surface area (Å²) in [6.07, 6.45) is 6.39.